The molecule has 1 heterocycles. The summed E-state index contributed by atoms with van der Waals surface area (Å²) in [6, 6.07) is 5.58. The molecule has 0 radical (unpaired) electrons. The van der Waals surface area contributed by atoms with E-state index >= 15 is 0 Å². The van der Waals surface area contributed by atoms with Crippen LogP contribution in [-0.2, 0) is 6.54 Å². The average Bonchev–Trinajstić information content (AvgIpc) is 2.39. The van der Waals surface area contributed by atoms with Crippen molar-refractivity contribution < 1.29 is 14.6 Å². The summed E-state index contributed by atoms with van der Waals surface area (Å²) in [4.78, 5) is 13.7. The van der Waals surface area contributed by atoms with Crippen molar-refractivity contribution in [3.8, 4) is 5.75 Å². The first-order chi connectivity index (χ1) is 9.97. The Morgan fingerprint density at radius 2 is 2.10 bits per heavy atom. The molecule has 0 spiro atoms. The maximum atomic E-state index is 11.5. The van der Waals surface area contributed by atoms with Gasteiger partial charge in [-0.15, -0.1) is 0 Å². The van der Waals surface area contributed by atoms with Crippen LogP contribution in [0.1, 0.15) is 49.5 Å². The Morgan fingerprint density at radius 1 is 1.38 bits per heavy atom. The minimum atomic E-state index is -0.529. The van der Waals surface area contributed by atoms with E-state index in [-0.39, 0.29) is 5.78 Å². The standard InChI is InChI=1S/C17H25NO3/c1-4-8-17(20)11-18(12-17)10-15-9-14(13(3)19)6-7-16(15)21-5-2/h6-7,9,20H,4-5,8,10-12H2,1-3H3. The SMILES string of the molecule is CCCC1(O)CN(Cc2cc(C(C)=O)ccc2OCC)C1. The average molecular weight is 291 g/mol. The van der Waals surface area contributed by atoms with Gasteiger partial charge in [0.25, 0.3) is 0 Å². The number of carbonyl (C=O) groups excluding carboxylic acids is 1. The third-order valence-corrected chi connectivity index (χ3v) is 3.91. The molecule has 116 valence electrons. The number of aliphatic hydroxyl groups is 1. The van der Waals surface area contributed by atoms with E-state index in [1.165, 1.54) is 0 Å². The first-order valence-corrected chi connectivity index (χ1v) is 7.69. The number of ketones is 1. The van der Waals surface area contributed by atoms with Crippen LogP contribution in [0.2, 0.25) is 0 Å². The molecule has 1 aliphatic heterocycles. The number of benzene rings is 1. The van der Waals surface area contributed by atoms with Crippen LogP contribution in [0.3, 0.4) is 0 Å². The molecule has 2 rings (SSSR count). The Balaban J connectivity index is 2.08. The van der Waals surface area contributed by atoms with Gasteiger partial charge in [0, 0.05) is 30.8 Å². The molecule has 1 N–H and O–H groups in total. The summed E-state index contributed by atoms with van der Waals surface area (Å²) in [6.07, 6.45) is 1.84. The number of likely N-dealkylation sites (tertiary alicyclic amines) is 1. The van der Waals surface area contributed by atoms with E-state index in [1.54, 1.807) is 13.0 Å². The Hall–Kier alpha value is -1.39. The van der Waals surface area contributed by atoms with Crippen LogP contribution in [0.15, 0.2) is 18.2 Å². The molecule has 0 atom stereocenters. The maximum Gasteiger partial charge on any atom is 0.159 e. The molecule has 0 aromatic heterocycles. The van der Waals surface area contributed by atoms with Crippen LogP contribution in [0.5, 0.6) is 5.75 Å². The van der Waals surface area contributed by atoms with Crippen LogP contribution in [0.25, 0.3) is 0 Å². The first kappa shape index (κ1) is 16.0. The second-order valence-electron chi connectivity index (χ2n) is 5.93. The van der Waals surface area contributed by atoms with Gasteiger partial charge in [-0.2, -0.15) is 0 Å². The zero-order valence-electron chi connectivity index (χ0n) is 13.2. The van der Waals surface area contributed by atoms with E-state index in [0.717, 1.165) is 24.2 Å². The lowest BCUT2D eigenvalue weighted by molar-refractivity contribution is -0.106. The zero-order chi connectivity index (χ0) is 15.5. The normalized spacial score (nSPS) is 17.3. The molecule has 1 aromatic rings. The summed E-state index contributed by atoms with van der Waals surface area (Å²) in [5.41, 5.74) is 1.19. The molecule has 1 saturated heterocycles. The zero-order valence-corrected chi connectivity index (χ0v) is 13.2. The number of β-amino-alcohol motifs (C(OH)–C–C–N with tert-alkyl or cyclic N) is 1. The number of nitrogens with zero attached hydrogens (tertiary/aromatic N) is 1. The van der Waals surface area contributed by atoms with Crippen molar-refractivity contribution in [2.75, 3.05) is 19.7 Å². The Bertz CT molecular complexity index is 507. The van der Waals surface area contributed by atoms with E-state index in [4.69, 9.17) is 4.74 Å². The van der Waals surface area contributed by atoms with Gasteiger partial charge in [-0.25, -0.2) is 0 Å². The van der Waals surface area contributed by atoms with Gasteiger partial charge in [0.05, 0.1) is 12.2 Å². The fraction of sp³-hybridized carbons (Fsp3) is 0.588. The molecule has 0 unspecified atom stereocenters. The van der Waals surface area contributed by atoms with Crippen molar-refractivity contribution in [1.29, 1.82) is 0 Å². The van der Waals surface area contributed by atoms with Crippen molar-refractivity contribution in [1.82, 2.24) is 4.90 Å². The summed E-state index contributed by atoms with van der Waals surface area (Å²) in [5.74, 6) is 0.888. The maximum absolute atomic E-state index is 11.5. The number of hydrogen-bond acceptors (Lipinski definition) is 4. The van der Waals surface area contributed by atoms with E-state index in [9.17, 15) is 9.90 Å². The van der Waals surface area contributed by atoms with Crippen LogP contribution in [0.4, 0.5) is 0 Å². The Labute approximate surface area is 126 Å². The van der Waals surface area contributed by atoms with Crippen LogP contribution < -0.4 is 4.74 Å². The minimum absolute atomic E-state index is 0.0606. The van der Waals surface area contributed by atoms with Crippen molar-refractivity contribution in [3.63, 3.8) is 0 Å². The topological polar surface area (TPSA) is 49.8 Å². The molecule has 1 aromatic carbocycles. The largest absolute Gasteiger partial charge is 0.494 e. The molecule has 1 fully saturated rings. The summed E-state index contributed by atoms with van der Waals surface area (Å²) in [6.45, 7) is 8.31. The molecule has 0 amide bonds. The number of Topliss-reactive ketones (excluding diaryl/α,β-unsaturated/α-hetero) is 1. The fourth-order valence-electron chi connectivity index (χ4n) is 2.98. The molecule has 4 heteroatoms. The van der Waals surface area contributed by atoms with Gasteiger partial charge in [0.1, 0.15) is 5.75 Å². The van der Waals surface area contributed by atoms with E-state index in [2.05, 4.69) is 11.8 Å². The summed E-state index contributed by atoms with van der Waals surface area (Å²) < 4.78 is 5.64. The van der Waals surface area contributed by atoms with Gasteiger partial charge in [-0.05, 0) is 38.5 Å². The van der Waals surface area contributed by atoms with Gasteiger partial charge >= 0.3 is 0 Å². The quantitative estimate of drug-likeness (QED) is 0.785. The number of ether oxygens (including phenoxy) is 1. The van der Waals surface area contributed by atoms with E-state index < -0.39 is 5.60 Å². The lowest BCUT2D eigenvalue weighted by atomic mass is 9.89. The molecule has 21 heavy (non-hydrogen) atoms. The van der Waals surface area contributed by atoms with Crippen LogP contribution in [-0.4, -0.2) is 41.1 Å². The summed E-state index contributed by atoms with van der Waals surface area (Å²) in [5, 5.41) is 10.2. The molecule has 0 saturated carbocycles. The molecule has 0 bridgehead atoms. The lowest BCUT2D eigenvalue weighted by Gasteiger charge is -2.46. The van der Waals surface area contributed by atoms with E-state index in [1.807, 2.05) is 19.1 Å². The number of hydrogen-bond donors (Lipinski definition) is 1. The highest BCUT2D eigenvalue weighted by Gasteiger charge is 2.40. The van der Waals surface area contributed by atoms with Crippen molar-refractivity contribution >= 4 is 5.78 Å². The van der Waals surface area contributed by atoms with Gasteiger partial charge in [0.2, 0.25) is 0 Å². The third kappa shape index (κ3) is 3.83. The Kier molecular flexibility index (Phi) is 5.01. The Morgan fingerprint density at radius 3 is 2.67 bits per heavy atom. The van der Waals surface area contributed by atoms with E-state index in [0.29, 0.717) is 31.8 Å². The highest BCUT2D eigenvalue weighted by Crippen LogP contribution is 2.30. The predicted molar refractivity (Wildman–Crippen MR) is 82.8 cm³/mol. The predicted octanol–water partition coefficient (Wildman–Crippen LogP) is 2.63. The van der Waals surface area contributed by atoms with Gasteiger partial charge in [0.15, 0.2) is 5.78 Å². The second-order valence-corrected chi connectivity index (χ2v) is 5.93. The smallest absolute Gasteiger partial charge is 0.159 e. The fourth-order valence-corrected chi connectivity index (χ4v) is 2.98. The summed E-state index contributed by atoms with van der Waals surface area (Å²) >= 11 is 0. The molecule has 0 aliphatic carbocycles. The van der Waals surface area contributed by atoms with Crippen molar-refractivity contribution in [2.45, 2.75) is 45.8 Å². The molecule has 4 nitrogen and oxygen atoms in total. The molecular formula is C17H25NO3. The first-order valence-electron chi connectivity index (χ1n) is 7.69. The minimum Gasteiger partial charge on any atom is -0.494 e. The van der Waals surface area contributed by atoms with Crippen LogP contribution in [0, 0.1) is 0 Å². The monoisotopic (exact) mass is 291 g/mol. The van der Waals surface area contributed by atoms with Crippen LogP contribution >= 0.6 is 0 Å². The molecule has 1 aliphatic rings. The third-order valence-electron chi connectivity index (χ3n) is 3.91. The number of rotatable bonds is 7. The lowest BCUT2D eigenvalue weighted by Crippen LogP contribution is -2.60. The highest BCUT2D eigenvalue weighted by molar-refractivity contribution is 5.94. The number of carbonyl (C=O) groups is 1. The van der Waals surface area contributed by atoms with Crippen molar-refractivity contribution in [2.24, 2.45) is 0 Å². The van der Waals surface area contributed by atoms with Crippen molar-refractivity contribution in [3.05, 3.63) is 29.3 Å². The second kappa shape index (κ2) is 6.58. The summed E-state index contributed by atoms with van der Waals surface area (Å²) in [7, 11) is 0. The highest BCUT2D eigenvalue weighted by atomic mass is 16.5. The van der Waals surface area contributed by atoms with Gasteiger partial charge in [-0.1, -0.05) is 13.3 Å². The van der Waals surface area contributed by atoms with Gasteiger partial charge < -0.3 is 9.84 Å². The van der Waals surface area contributed by atoms with Gasteiger partial charge in [-0.3, -0.25) is 9.69 Å². The molecular weight excluding hydrogens is 266 g/mol.